The average Bonchev–Trinajstić information content (AvgIpc) is 2.68. The number of hydrazone groups is 1. The predicted molar refractivity (Wildman–Crippen MR) is 99.8 cm³/mol. The van der Waals surface area contributed by atoms with Gasteiger partial charge in [0.1, 0.15) is 5.75 Å². The Morgan fingerprint density at radius 1 is 1.04 bits per heavy atom. The molecule has 2 aromatic rings. The van der Waals surface area contributed by atoms with Crippen molar-refractivity contribution >= 4 is 41.3 Å². The summed E-state index contributed by atoms with van der Waals surface area (Å²) < 4.78 is 9.67. The SMILES string of the molecule is COC(=O)COc1ccc(/C=N\NC(=O)C(=O)Nc2ccc(Cl)cc2)cc1. The summed E-state index contributed by atoms with van der Waals surface area (Å²) >= 11 is 5.75. The number of benzene rings is 2. The van der Waals surface area contributed by atoms with Gasteiger partial charge in [-0.2, -0.15) is 5.10 Å². The Bertz CT molecular complexity index is 835. The first-order valence-electron chi connectivity index (χ1n) is 7.67. The molecule has 0 heterocycles. The van der Waals surface area contributed by atoms with Crippen LogP contribution in [0.25, 0.3) is 0 Å². The van der Waals surface area contributed by atoms with Gasteiger partial charge in [0.05, 0.1) is 13.3 Å². The normalized spacial score (nSPS) is 10.3. The van der Waals surface area contributed by atoms with Crippen molar-refractivity contribution in [2.45, 2.75) is 0 Å². The van der Waals surface area contributed by atoms with Gasteiger partial charge in [-0.3, -0.25) is 9.59 Å². The molecule has 0 aromatic heterocycles. The van der Waals surface area contributed by atoms with Crippen LogP contribution in [-0.4, -0.2) is 37.7 Å². The molecule has 2 N–H and O–H groups in total. The first kappa shape index (κ1) is 19.9. The molecule has 2 amide bonds. The smallest absolute Gasteiger partial charge is 0.343 e. The molecule has 8 nitrogen and oxygen atoms in total. The van der Waals surface area contributed by atoms with Crippen LogP contribution in [-0.2, 0) is 19.1 Å². The molecule has 0 fully saturated rings. The second kappa shape index (κ2) is 9.93. The second-order valence-electron chi connectivity index (χ2n) is 5.09. The fourth-order valence-electron chi connectivity index (χ4n) is 1.79. The van der Waals surface area contributed by atoms with Crippen molar-refractivity contribution in [3.8, 4) is 5.75 Å². The van der Waals surface area contributed by atoms with Gasteiger partial charge in [-0.15, -0.1) is 0 Å². The van der Waals surface area contributed by atoms with Crippen molar-refractivity contribution < 1.29 is 23.9 Å². The van der Waals surface area contributed by atoms with Crippen molar-refractivity contribution in [2.75, 3.05) is 19.0 Å². The molecule has 0 saturated heterocycles. The summed E-state index contributed by atoms with van der Waals surface area (Å²) in [6, 6.07) is 12.9. The summed E-state index contributed by atoms with van der Waals surface area (Å²) in [7, 11) is 1.27. The van der Waals surface area contributed by atoms with E-state index in [4.69, 9.17) is 16.3 Å². The summed E-state index contributed by atoms with van der Waals surface area (Å²) in [5.74, 6) is -1.79. The van der Waals surface area contributed by atoms with E-state index in [1.54, 1.807) is 48.5 Å². The number of halogens is 1. The van der Waals surface area contributed by atoms with Crippen LogP contribution in [0.15, 0.2) is 53.6 Å². The molecule has 0 unspecified atom stereocenters. The number of carbonyl (C=O) groups excluding carboxylic acids is 3. The molecule has 0 atom stereocenters. The topological polar surface area (TPSA) is 106 Å². The monoisotopic (exact) mass is 389 g/mol. The Kier molecular flexibility index (Phi) is 7.33. The number of rotatable bonds is 6. The highest BCUT2D eigenvalue weighted by molar-refractivity contribution is 6.39. The van der Waals surface area contributed by atoms with E-state index in [0.29, 0.717) is 22.0 Å². The largest absolute Gasteiger partial charge is 0.482 e. The summed E-state index contributed by atoms with van der Waals surface area (Å²) in [5, 5.41) is 6.65. The van der Waals surface area contributed by atoms with Gasteiger partial charge >= 0.3 is 17.8 Å². The van der Waals surface area contributed by atoms with Crippen molar-refractivity contribution in [3.05, 3.63) is 59.1 Å². The zero-order valence-electron chi connectivity index (χ0n) is 14.3. The van der Waals surface area contributed by atoms with E-state index >= 15 is 0 Å². The molecule has 0 spiro atoms. The lowest BCUT2D eigenvalue weighted by molar-refractivity contribution is -0.142. The zero-order chi connectivity index (χ0) is 19.6. The van der Waals surface area contributed by atoms with E-state index in [1.165, 1.54) is 13.3 Å². The van der Waals surface area contributed by atoms with Gasteiger partial charge in [0.25, 0.3) is 0 Å². The fraction of sp³-hybridized carbons (Fsp3) is 0.111. The highest BCUT2D eigenvalue weighted by Gasteiger charge is 2.12. The number of amides is 2. The highest BCUT2D eigenvalue weighted by Crippen LogP contribution is 2.13. The van der Waals surface area contributed by atoms with Crippen molar-refractivity contribution in [1.82, 2.24) is 5.43 Å². The van der Waals surface area contributed by atoms with Crippen LogP contribution in [0.5, 0.6) is 5.75 Å². The molecule has 0 radical (unpaired) electrons. The Labute approximate surface area is 160 Å². The number of esters is 1. The van der Waals surface area contributed by atoms with Crippen LogP contribution in [0.3, 0.4) is 0 Å². The molecule has 0 saturated carbocycles. The average molecular weight is 390 g/mol. The third kappa shape index (κ3) is 6.79. The molecule has 140 valence electrons. The molecular weight excluding hydrogens is 374 g/mol. The molecular formula is C18H16ClN3O5. The van der Waals surface area contributed by atoms with Crippen LogP contribution >= 0.6 is 11.6 Å². The van der Waals surface area contributed by atoms with E-state index in [-0.39, 0.29) is 6.61 Å². The maximum Gasteiger partial charge on any atom is 0.343 e. The Balaban J connectivity index is 1.81. The number of hydrogen-bond donors (Lipinski definition) is 2. The molecule has 0 aliphatic rings. The maximum atomic E-state index is 11.8. The van der Waals surface area contributed by atoms with Gasteiger partial charge in [0, 0.05) is 10.7 Å². The van der Waals surface area contributed by atoms with E-state index in [0.717, 1.165) is 0 Å². The molecule has 0 aliphatic heterocycles. The molecule has 0 bridgehead atoms. The minimum absolute atomic E-state index is 0.192. The van der Waals surface area contributed by atoms with Crippen molar-refractivity contribution in [1.29, 1.82) is 0 Å². The van der Waals surface area contributed by atoms with Gasteiger partial charge in [-0.1, -0.05) is 11.6 Å². The van der Waals surface area contributed by atoms with E-state index in [9.17, 15) is 14.4 Å². The van der Waals surface area contributed by atoms with Gasteiger partial charge < -0.3 is 14.8 Å². The quantitative estimate of drug-likeness (QED) is 0.340. The minimum atomic E-state index is -0.917. The highest BCUT2D eigenvalue weighted by atomic mass is 35.5. The van der Waals surface area contributed by atoms with Crippen LogP contribution in [0.4, 0.5) is 5.69 Å². The molecule has 0 aliphatic carbocycles. The lowest BCUT2D eigenvalue weighted by Crippen LogP contribution is -2.32. The van der Waals surface area contributed by atoms with Gasteiger partial charge in [-0.05, 0) is 54.1 Å². The van der Waals surface area contributed by atoms with Gasteiger partial charge in [0.2, 0.25) is 0 Å². The van der Waals surface area contributed by atoms with Crippen molar-refractivity contribution in [3.63, 3.8) is 0 Å². The molecule has 2 rings (SSSR count). The molecule has 27 heavy (non-hydrogen) atoms. The first-order chi connectivity index (χ1) is 13.0. The molecule has 2 aromatic carbocycles. The fourth-order valence-corrected chi connectivity index (χ4v) is 1.91. The van der Waals surface area contributed by atoms with Crippen LogP contribution < -0.4 is 15.5 Å². The van der Waals surface area contributed by atoms with Gasteiger partial charge in [0.15, 0.2) is 6.61 Å². The number of nitrogens with one attached hydrogen (secondary N) is 2. The number of methoxy groups -OCH3 is 1. The Hall–Kier alpha value is -3.39. The standard InChI is InChI=1S/C18H16ClN3O5/c1-26-16(23)11-27-15-8-2-12(3-9-15)10-20-22-18(25)17(24)21-14-6-4-13(19)5-7-14/h2-10H,11H2,1H3,(H,21,24)(H,22,25)/b20-10-. The zero-order valence-corrected chi connectivity index (χ0v) is 15.0. The first-order valence-corrected chi connectivity index (χ1v) is 8.05. The summed E-state index contributed by atoms with van der Waals surface area (Å²) in [6.45, 7) is -0.192. The third-order valence-electron chi connectivity index (χ3n) is 3.15. The number of carbonyl (C=O) groups is 3. The maximum absolute atomic E-state index is 11.8. The summed E-state index contributed by atoms with van der Waals surface area (Å²) in [6.07, 6.45) is 1.36. The van der Waals surface area contributed by atoms with Crippen LogP contribution in [0.2, 0.25) is 5.02 Å². The summed E-state index contributed by atoms with van der Waals surface area (Å²) in [4.78, 5) is 34.5. The van der Waals surface area contributed by atoms with Crippen LogP contribution in [0.1, 0.15) is 5.56 Å². The van der Waals surface area contributed by atoms with E-state index in [1.807, 2.05) is 0 Å². The number of anilines is 1. The van der Waals surface area contributed by atoms with Crippen LogP contribution in [0, 0.1) is 0 Å². The summed E-state index contributed by atoms with van der Waals surface area (Å²) in [5.41, 5.74) is 3.21. The minimum Gasteiger partial charge on any atom is -0.482 e. The predicted octanol–water partition coefficient (Wildman–Crippen LogP) is 1.98. The van der Waals surface area contributed by atoms with E-state index in [2.05, 4.69) is 20.6 Å². The number of ether oxygens (including phenoxy) is 2. The van der Waals surface area contributed by atoms with Crippen molar-refractivity contribution in [2.24, 2.45) is 5.10 Å². The Morgan fingerprint density at radius 3 is 2.33 bits per heavy atom. The van der Waals surface area contributed by atoms with E-state index < -0.39 is 17.8 Å². The third-order valence-corrected chi connectivity index (χ3v) is 3.40. The number of nitrogens with zero attached hydrogens (tertiary/aromatic N) is 1. The lowest BCUT2D eigenvalue weighted by Gasteiger charge is -2.05. The molecule has 9 heteroatoms. The van der Waals surface area contributed by atoms with Gasteiger partial charge in [-0.25, -0.2) is 10.2 Å². The lowest BCUT2D eigenvalue weighted by atomic mass is 10.2. The second-order valence-corrected chi connectivity index (χ2v) is 5.53. The Morgan fingerprint density at radius 2 is 1.70 bits per heavy atom. The number of hydrogen-bond acceptors (Lipinski definition) is 6.